The molecule has 2 aromatic carbocycles. The van der Waals surface area contributed by atoms with E-state index >= 15 is 0 Å². The maximum atomic E-state index is 13.1. The number of hydrogen-bond donors (Lipinski definition) is 4. The van der Waals surface area contributed by atoms with Crippen molar-refractivity contribution in [2.24, 2.45) is 0 Å². The number of ether oxygens (including phenoxy) is 1. The van der Waals surface area contributed by atoms with Crippen LogP contribution in [0.25, 0.3) is 0 Å². The van der Waals surface area contributed by atoms with Crippen molar-refractivity contribution in [3.05, 3.63) is 145 Å². The number of halogens is 16. The van der Waals surface area contributed by atoms with Crippen molar-refractivity contribution in [2.75, 3.05) is 49.1 Å². The highest BCUT2D eigenvalue weighted by Crippen LogP contribution is 2.40. The number of nitro groups is 2. The number of phenolic OH excluding ortho intramolecular Hbond substituents is 1. The van der Waals surface area contributed by atoms with E-state index < -0.39 is 91.8 Å². The number of aromatic hydroxyl groups is 1. The highest BCUT2D eigenvalue weighted by Gasteiger charge is 2.40. The van der Waals surface area contributed by atoms with Gasteiger partial charge in [0.1, 0.15) is 45.5 Å². The third kappa shape index (κ3) is 21.0. The minimum Gasteiger partial charge on any atom is -0.508 e. The maximum absolute atomic E-state index is 13.1. The van der Waals surface area contributed by atoms with Gasteiger partial charge in [0.25, 0.3) is 11.4 Å². The van der Waals surface area contributed by atoms with Crippen LogP contribution in [0.2, 0.25) is 5.15 Å². The number of aliphatic hydroxyl groups excluding tert-OH is 2. The van der Waals surface area contributed by atoms with Gasteiger partial charge in [0.05, 0.1) is 38.7 Å². The predicted octanol–water partition coefficient (Wildman–Crippen LogP) is 11.9. The number of nitro benzene ring substituents is 2. The van der Waals surface area contributed by atoms with Crippen LogP contribution in [0.5, 0.6) is 11.5 Å². The zero-order chi connectivity index (χ0) is 59.1. The van der Waals surface area contributed by atoms with Gasteiger partial charge in [0.2, 0.25) is 0 Å². The summed E-state index contributed by atoms with van der Waals surface area (Å²) in [7, 11) is 0. The fraction of sp³-hybridized carbons (Fsp3) is 0.426. The standard InChI is InChI=1S/C18H15F6N3O3.C11H13F3N2O.C7H4F3NO3.C6H3ClF3N.C5H11NO/c19-17(20,21)11-1-4-16(25-10-11)26-7-5-12(6-8-26)30-13-2-3-15(27(28)29)14(9-13)18(22,23)24;12-11(13,14)8-1-2-10(15-7-8)16-5-3-9(17)4-6-16;8-7(9,10)5-3-4(12)1-2-6(5)11(13)14;7-5-2-1-4(3-11-5)6(8,9)10;7-5-1-3-6-4-2-5/h1-4,9-10,12H,5-8H2;1-2,7,9,17H,3-6H2;1-3,12H;1-3H;5-7H,1-4H2. The first-order valence-electron chi connectivity index (χ1n) is 23.0. The zero-order valence-electron chi connectivity index (χ0n) is 40.4. The topological polar surface area (TPSA) is 213 Å². The van der Waals surface area contributed by atoms with Gasteiger partial charge in [0.15, 0.2) is 0 Å². The molecule has 0 aliphatic carbocycles. The molecule has 4 N–H and O–H groups in total. The third-order valence-corrected chi connectivity index (χ3v) is 11.5. The van der Waals surface area contributed by atoms with Crippen molar-refractivity contribution in [2.45, 2.75) is 87.7 Å². The summed E-state index contributed by atoms with van der Waals surface area (Å²) >= 11 is 5.28. The summed E-state index contributed by atoms with van der Waals surface area (Å²) in [6, 6.07) is 10.8. The second-order valence-corrected chi connectivity index (χ2v) is 17.5. The number of aromatic nitrogens is 3. The Labute approximate surface area is 442 Å². The Bertz CT molecular complexity index is 2720. The molecule has 16 nitrogen and oxygen atoms in total. The van der Waals surface area contributed by atoms with Gasteiger partial charge in [-0.25, -0.2) is 15.0 Å². The fourth-order valence-electron chi connectivity index (χ4n) is 7.21. The molecule has 8 rings (SSSR count). The summed E-state index contributed by atoms with van der Waals surface area (Å²) in [6.45, 7) is 3.98. The Morgan fingerprint density at radius 3 is 1.28 bits per heavy atom. The molecule has 0 unspecified atom stereocenters. The monoisotopic (exact) mass is 1170 g/mol. The molecular weight excluding hydrogens is 1120 g/mol. The fourth-order valence-corrected chi connectivity index (χ4v) is 7.32. The summed E-state index contributed by atoms with van der Waals surface area (Å²) in [5.74, 6) is 0.0861. The minimum absolute atomic E-state index is 0.0266. The van der Waals surface area contributed by atoms with Crippen LogP contribution in [0.15, 0.2) is 91.4 Å². The molecule has 6 heterocycles. The van der Waals surface area contributed by atoms with Gasteiger partial charge in [-0.05, 0) is 99.4 Å². The van der Waals surface area contributed by atoms with Crippen LogP contribution < -0.4 is 19.9 Å². The first kappa shape index (κ1) is 64.5. The van der Waals surface area contributed by atoms with Crippen LogP contribution >= 0.6 is 11.6 Å². The third-order valence-electron chi connectivity index (χ3n) is 11.3. The molecule has 3 aliphatic rings. The van der Waals surface area contributed by atoms with Crippen LogP contribution in [0.3, 0.4) is 0 Å². The number of nitrogens with zero attached hydrogens (tertiary/aromatic N) is 7. The lowest BCUT2D eigenvalue weighted by atomic mass is 10.1. The molecule has 5 aromatic rings. The molecule has 0 spiro atoms. The lowest BCUT2D eigenvalue weighted by Crippen LogP contribution is -2.38. The second-order valence-electron chi connectivity index (χ2n) is 17.1. The lowest BCUT2D eigenvalue weighted by molar-refractivity contribution is -0.388. The van der Waals surface area contributed by atoms with Crippen molar-refractivity contribution in [1.82, 2.24) is 20.3 Å². The zero-order valence-corrected chi connectivity index (χ0v) is 41.2. The van der Waals surface area contributed by atoms with Gasteiger partial charge in [-0.3, -0.25) is 20.2 Å². The molecule has 3 saturated heterocycles. The Morgan fingerprint density at radius 1 is 0.532 bits per heavy atom. The molecule has 434 valence electrons. The Kier molecular flexibility index (Phi) is 22.7. The van der Waals surface area contributed by atoms with E-state index in [4.69, 9.17) is 26.6 Å². The molecule has 0 radical (unpaired) electrons. The van der Waals surface area contributed by atoms with Gasteiger partial charge < -0.3 is 35.2 Å². The van der Waals surface area contributed by atoms with Crippen molar-refractivity contribution in [1.29, 1.82) is 0 Å². The van der Waals surface area contributed by atoms with Gasteiger partial charge in [0, 0.05) is 69.7 Å². The summed E-state index contributed by atoms with van der Waals surface area (Å²) in [5, 5.41) is 51.2. The summed E-state index contributed by atoms with van der Waals surface area (Å²) in [6.07, 6.45) is -17.5. The number of alkyl halides is 15. The highest BCUT2D eigenvalue weighted by molar-refractivity contribution is 6.29. The van der Waals surface area contributed by atoms with E-state index in [1.54, 1.807) is 4.90 Å². The van der Waals surface area contributed by atoms with Gasteiger partial charge >= 0.3 is 30.9 Å². The van der Waals surface area contributed by atoms with Crippen LogP contribution in [0, 0.1) is 20.2 Å². The number of piperidine rings is 3. The first-order chi connectivity index (χ1) is 36.6. The normalized spacial score (nSPS) is 15.9. The van der Waals surface area contributed by atoms with Crippen molar-refractivity contribution in [3.63, 3.8) is 0 Å². The van der Waals surface area contributed by atoms with E-state index in [1.807, 2.05) is 4.90 Å². The SMILES string of the molecule is FC(F)(F)c1ccc(Cl)nc1.O=[N+]([O-])c1ccc(O)cc1C(F)(F)F.O=[N+]([O-])c1ccc(OC2CCN(c3ccc(C(F)(F)F)cn3)CC2)cc1C(F)(F)F.OC1CCN(c2ccc(C(F)(F)F)cn2)CC1.OC1CCNCC1. The van der Waals surface area contributed by atoms with E-state index in [-0.39, 0.29) is 23.1 Å². The Morgan fingerprint density at radius 2 is 0.924 bits per heavy atom. The van der Waals surface area contributed by atoms with Gasteiger partial charge in [-0.15, -0.1) is 0 Å². The number of hydrogen-bond acceptors (Lipinski definition) is 14. The molecule has 3 aliphatic heterocycles. The number of phenols is 1. The predicted molar refractivity (Wildman–Crippen MR) is 252 cm³/mol. The van der Waals surface area contributed by atoms with E-state index in [2.05, 4.69) is 20.3 Å². The van der Waals surface area contributed by atoms with E-state index in [0.29, 0.717) is 87.9 Å². The molecule has 3 fully saturated rings. The second kappa shape index (κ2) is 27.7. The summed E-state index contributed by atoms with van der Waals surface area (Å²) in [4.78, 5) is 33.3. The maximum Gasteiger partial charge on any atom is 0.423 e. The molecular formula is C47H46ClF15N8O8. The van der Waals surface area contributed by atoms with Gasteiger partial charge in [-0.1, -0.05) is 11.6 Å². The van der Waals surface area contributed by atoms with Crippen molar-refractivity contribution in [3.8, 4) is 11.5 Å². The number of anilines is 2. The van der Waals surface area contributed by atoms with E-state index in [0.717, 1.165) is 80.8 Å². The number of aliphatic hydroxyl groups is 2. The average Bonchev–Trinajstić information content (AvgIpc) is 3.38. The molecule has 0 atom stereocenters. The molecule has 0 bridgehead atoms. The first-order valence-corrected chi connectivity index (χ1v) is 23.4. The van der Waals surface area contributed by atoms with Crippen LogP contribution in [-0.4, -0.2) is 97.7 Å². The average molecular weight is 1170 g/mol. The number of benzene rings is 2. The molecule has 32 heteroatoms. The molecule has 0 saturated carbocycles. The molecule has 0 amide bonds. The summed E-state index contributed by atoms with van der Waals surface area (Å²) < 4.78 is 192. The van der Waals surface area contributed by atoms with Crippen molar-refractivity contribution < 1.29 is 95.8 Å². The molecule has 79 heavy (non-hydrogen) atoms. The number of rotatable bonds is 6. The molecule has 3 aromatic heterocycles. The quantitative estimate of drug-likeness (QED) is 0.0539. The van der Waals surface area contributed by atoms with Crippen LogP contribution in [0.1, 0.15) is 66.3 Å². The largest absolute Gasteiger partial charge is 0.508 e. The Hall–Kier alpha value is -6.99. The smallest absolute Gasteiger partial charge is 0.423 e. The minimum atomic E-state index is -4.90. The number of nitrogens with one attached hydrogen (secondary N) is 1. The van der Waals surface area contributed by atoms with Crippen molar-refractivity contribution >= 4 is 34.6 Å². The summed E-state index contributed by atoms with van der Waals surface area (Å²) in [5.41, 5.74) is -7.37. The Balaban J connectivity index is 0.000000233. The van der Waals surface area contributed by atoms with E-state index in [1.165, 1.54) is 12.1 Å². The van der Waals surface area contributed by atoms with Gasteiger partial charge in [-0.2, -0.15) is 65.9 Å². The van der Waals surface area contributed by atoms with Crippen LogP contribution in [0.4, 0.5) is 88.9 Å². The number of pyridine rings is 3. The lowest BCUT2D eigenvalue weighted by Gasteiger charge is -2.33. The van der Waals surface area contributed by atoms with E-state index in [9.17, 15) is 91.2 Å². The highest BCUT2D eigenvalue weighted by atomic mass is 35.5. The van der Waals surface area contributed by atoms with Crippen LogP contribution in [-0.2, 0) is 30.9 Å².